The number of carbonyl (C=O) groups excluding carboxylic acids is 1. The molecule has 2 aromatic carbocycles. The van der Waals surface area contributed by atoms with E-state index >= 15 is 0 Å². The molecule has 0 aliphatic heterocycles. The SMILES string of the molecule is CC(=O)c1ccc(Oc2ccc(Oc3ccc(C(F)(F)F)cn3)cc2)c([N+](=O)[O-])c1. The van der Waals surface area contributed by atoms with Gasteiger partial charge in [0.25, 0.3) is 0 Å². The Balaban J connectivity index is 1.73. The van der Waals surface area contributed by atoms with Crippen molar-refractivity contribution in [3.05, 3.63) is 82.0 Å². The maximum absolute atomic E-state index is 12.6. The molecule has 0 atom stereocenters. The fourth-order valence-electron chi connectivity index (χ4n) is 2.40. The van der Waals surface area contributed by atoms with E-state index < -0.39 is 16.7 Å². The van der Waals surface area contributed by atoms with Gasteiger partial charge in [-0.1, -0.05) is 0 Å². The third-order valence-corrected chi connectivity index (χ3v) is 3.90. The summed E-state index contributed by atoms with van der Waals surface area (Å²) in [5.74, 6) is 0.121. The van der Waals surface area contributed by atoms with Gasteiger partial charge in [0.2, 0.25) is 11.6 Å². The van der Waals surface area contributed by atoms with Gasteiger partial charge in [-0.2, -0.15) is 13.2 Å². The van der Waals surface area contributed by atoms with Crippen molar-refractivity contribution in [2.75, 3.05) is 0 Å². The standard InChI is InChI=1S/C20H13F3N2O5/c1-12(26)13-2-8-18(17(10-13)25(27)28)29-15-4-6-16(7-5-15)30-19-9-3-14(11-24-19)20(21,22)23/h2-11H,1H3. The van der Waals surface area contributed by atoms with Crippen molar-refractivity contribution in [2.24, 2.45) is 0 Å². The monoisotopic (exact) mass is 418 g/mol. The quantitative estimate of drug-likeness (QED) is 0.286. The molecule has 0 bridgehead atoms. The van der Waals surface area contributed by atoms with E-state index in [4.69, 9.17) is 9.47 Å². The Kier molecular flexibility index (Phi) is 5.67. The van der Waals surface area contributed by atoms with E-state index in [2.05, 4.69) is 4.98 Å². The molecular formula is C20H13F3N2O5. The molecule has 3 aromatic rings. The molecule has 0 fully saturated rings. The van der Waals surface area contributed by atoms with Crippen LogP contribution in [0.15, 0.2) is 60.8 Å². The average molecular weight is 418 g/mol. The number of Topliss-reactive ketones (excluding diaryl/α,β-unsaturated/α-hetero) is 1. The highest BCUT2D eigenvalue weighted by atomic mass is 19.4. The number of halogens is 3. The topological polar surface area (TPSA) is 91.6 Å². The van der Waals surface area contributed by atoms with Crippen LogP contribution in [0.4, 0.5) is 18.9 Å². The second-order valence-electron chi connectivity index (χ2n) is 6.05. The van der Waals surface area contributed by atoms with Crippen molar-refractivity contribution < 1.29 is 32.4 Å². The van der Waals surface area contributed by atoms with Crippen LogP contribution >= 0.6 is 0 Å². The van der Waals surface area contributed by atoms with Gasteiger partial charge >= 0.3 is 11.9 Å². The number of nitrogens with zero attached hydrogens (tertiary/aromatic N) is 2. The molecule has 10 heteroatoms. The van der Waals surface area contributed by atoms with Crippen LogP contribution in [-0.4, -0.2) is 15.7 Å². The van der Waals surface area contributed by atoms with E-state index in [1.165, 1.54) is 43.3 Å². The Morgan fingerprint density at radius 2 is 1.63 bits per heavy atom. The number of carbonyl (C=O) groups is 1. The molecule has 1 heterocycles. The summed E-state index contributed by atoms with van der Waals surface area (Å²) in [6, 6.07) is 11.7. The Morgan fingerprint density at radius 1 is 1.00 bits per heavy atom. The molecule has 0 unspecified atom stereocenters. The fourth-order valence-corrected chi connectivity index (χ4v) is 2.40. The summed E-state index contributed by atoms with van der Waals surface area (Å²) in [6.45, 7) is 1.30. The van der Waals surface area contributed by atoms with Gasteiger partial charge in [-0.15, -0.1) is 0 Å². The van der Waals surface area contributed by atoms with Gasteiger partial charge in [0.15, 0.2) is 5.78 Å². The largest absolute Gasteiger partial charge is 0.450 e. The number of nitro groups is 1. The minimum Gasteiger partial charge on any atom is -0.450 e. The number of ether oxygens (including phenoxy) is 2. The van der Waals surface area contributed by atoms with Crippen molar-refractivity contribution in [2.45, 2.75) is 13.1 Å². The highest BCUT2D eigenvalue weighted by Gasteiger charge is 2.30. The normalized spacial score (nSPS) is 11.1. The molecule has 0 aliphatic carbocycles. The van der Waals surface area contributed by atoms with Gasteiger partial charge in [0.05, 0.1) is 10.5 Å². The number of alkyl halides is 3. The lowest BCUT2D eigenvalue weighted by atomic mass is 10.1. The van der Waals surface area contributed by atoms with E-state index in [0.29, 0.717) is 6.20 Å². The second-order valence-corrected chi connectivity index (χ2v) is 6.05. The summed E-state index contributed by atoms with van der Waals surface area (Å²) >= 11 is 0. The molecule has 0 N–H and O–H groups in total. The molecule has 0 amide bonds. The Labute approximate surface area is 167 Å². The zero-order valence-electron chi connectivity index (χ0n) is 15.3. The van der Waals surface area contributed by atoms with Gasteiger partial charge in [0.1, 0.15) is 11.5 Å². The van der Waals surface area contributed by atoms with E-state index in [1.807, 2.05) is 0 Å². The van der Waals surface area contributed by atoms with Crippen molar-refractivity contribution >= 4 is 11.5 Å². The first kappa shape index (κ1) is 20.8. The third-order valence-electron chi connectivity index (χ3n) is 3.90. The summed E-state index contributed by atoms with van der Waals surface area (Å²) < 4.78 is 48.6. The van der Waals surface area contributed by atoms with Crippen LogP contribution in [0, 0.1) is 10.1 Å². The summed E-state index contributed by atoms with van der Waals surface area (Å²) in [7, 11) is 0. The number of hydrogen-bond donors (Lipinski definition) is 0. The van der Waals surface area contributed by atoms with Crippen LogP contribution in [-0.2, 0) is 6.18 Å². The van der Waals surface area contributed by atoms with Crippen molar-refractivity contribution in [3.63, 3.8) is 0 Å². The summed E-state index contributed by atoms with van der Waals surface area (Å²) in [6.07, 6.45) is -3.83. The molecule has 30 heavy (non-hydrogen) atoms. The number of ketones is 1. The number of pyridine rings is 1. The zero-order chi connectivity index (χ0) is 21.9. The Hall–Kier alpha value is -3.95. The Morgan fingerprint density at radius 3 is 2.13 bits per heavy atom. The first-order valence-electron chi connectivity index (χ1n) is 8.42. The van der Waals surface area contributed by atoms with Crippen molar-refractivity contribution in [1.82, 2.24) is 4.98 Å². The lowest BCUT2D eigenvalue weighted by molar-refractivity contribution is -0.385. The number of aromatic nitrogens is 1. The predicted octanol–water partition coefficient (Wildman–Crippen LogP) is 5.80. The smallest absolute Gasteiger partial charge is 0.417 e. The molecule has 0 radical (unpaired) electrons. The molecule has 7 nitrogen and oxygen atoms in total. The lowest BCUT2D eigenvalue weighted by Crippen LogP contribution is -2.05. The molecule has 3 rings (SSSR count). The van der Waals surface area contributed by atoms with Gasteiger partial charge in [-0.25, -0.2) is 4.98 Å². The Bertz CT molecular complexity index is 1080. The number of rotatable bonds is 6. The van der Waals surface area contributed by atoms with Gasteiger partial charge in [-0.05, 0) is 49.4 Å². The van der Waals surface area contributed by atoms with Crippen LogP contribution in [0.1, 0.15) is 22.8 Å². The molecule has 0 aliphatic rings. The van der Waals surface area contributed by atoms with E-state index in [0.717, 1.165) is 18.2 Å². The first-order chi connectivity index (χ1) is 14.1. The van der Waals surface area contributed by atoms with Crippen molar-refractivity contribution in [3.8, 4) is 23.1 Å². The molecule has 0 saturated carbocycles. The highest BCUT2D eigenvalue weighted by molar-refractivity contribution is 5.95. The number of nitro benzene ring substituents is 1. The molecule has 154 valence electrons. The fraction of sp³-hybridized carbons (Fsp3) is 0.100. The molecule has 0 spiro atoms. The molecule has 0 saturated heterocycles. The minimum atomic E-state index is -4.49. The van der Waals surface area contributed by atoms with Crippen LogP contribution in [0.2, 0.25) is 0 Å². The average Bonchev–Trinajstić information content (AvgIpc) is 2.69. The first-order valence-corrected chi connectivity index (χ1v) is 8.42. The number of hydrogen-bond acceptors (Lipinski definition) is 6. The third kappa shape index (κ3) is 4.90. The van der Waals surface area contributed by atoms with Gasteiger partial charge in [0, 0.05) is 23.9 Å². The van der Waals surface area contributed by atoms with E-state index in [9.17, 15) is 28.1 Å². The van der Waals surface area contributed by atoms with Crippen LogP contribution in [0.5, 0.6) is 23.1 Å². The highest BCUT2D eigenvalue weighted by Crippen LogP contribution is 2.34. The van der Waals surface area contributed by atoms with E-state index in [1.54, 1.807) is 0 Å². The summed E-state index contributed by atoms with van der Waals surface area (Å²) in [5.41, 5.74) is -1.07. The van der Waals surface area contributed by atoms with Crippen LogP contribution in [0.25, 0.3) is 0 Å². The predicted molar refractivity (Wildman–Crippen MR) is 98.9 cm³/mol. The second kappa shape index (κ2) is 8.19. The van der Waals surface area contributed by atoms with Gasteiger partial charge < -0.3 is 9.47 Å². The molecular weight excluding hydrogens is 405 g/mol. The number of benzene rings is 2. The van der Waals surface area contributed by atoms with Crippen LogP contribution < -0.4 is 9.47 Å². The van der Waals surface area contributed by atoms with Crippen LogP contribution in [0.3, 0.4) is 0 Å². The molecule has 1 aromatic heterocycles. The van der Waals surface area contributed by atoms with E-state index in [-0.39, 0.29) is 40.2 Å². The van der Waals surface area contributed by atoms with Gasteiger partial charge in [-0.3, -0.25) is 14.9 Å². The summed E-state index contributed by atoms with van der Waals surface area (Å²) in [5, 5.41) is 11.2. The summed E-state index contributed by atoms with van der Waals surface area (Å²) in [4.78, 5) is 25.6. The zero-order valence-corrected chi connectivity index (χ0v) is 15.3. The maximum atomic E-state index is 12.6. The minimum absolute atomic E-state index is 0.0351. The van der Waals surface area contributed by atoms with Crippen molar-refractivity contribution in [1.29, 1.82) is 0 Å². The maximum Gasteiger partial charge on any atom is 0.417 e. The lowest BCUT2D eigenvalue weighted by Gasteiger charge is -2.10.